The van der Waals surface area contributed by atoms with Crippen LogP contribution in [0.3, 0.4) is 0 Å². The van der Waals surface area contributed by atoms with Crippen molar-refractivity contribution in [1.29, 1.82) is 0 Å². The molecule has 0 unspecified atom stereocenters. The largest absolute Gasteiger partial charge is 0.497 e. The number of hydrogen-bond donors (Lipinski definition) is 0. The number of benzene rings is 3. The van der Waals surface area contributed by atoms with Gasteiger partial charge in [-0.25, -0.2) is 9.37 Å². The van der Waals surface area contributed by atoms with Gasteiger partial charge in [-0.2, -0.15) is 0 Å². The van der Waals surface area contributed by atoms with E-state index in [9.17, 15) is 9.18 Å². The van der Waals surface area contributed by atoms with Crippen LogP contribution in [-0.2, 0) is 12.3 Å². The van der Waals surface area contributed by atoms with Crippen molar-refractivity contribution in [3.05, 3.63) is 107 Å². The Morgan fingerprint density at radius 3 is 2.50 bits per heavy atom. The Morgan fingerprint density at radius 2 is 1.78 bits per heavy atom. The Bertz CT molecular complexity index is 1590. The fourth-order valence-corrected chi connectivity index (χ4v) is 4.77. The first-order valence-corrected chi connectivity index (χ1v) is 12.2. The molecule has 0 N–H and O–H groups in total. The second-order valence-corrected chi connectivity index (χ2v) is 8.83. The minimum absolute atomic E-state index is 0.214. The fraction of sp³-hybridized carbons (Fsp3) is 0.111. The maximum absolute atomic E-state index is 13.6. The lowest BCUT2D eigenvalue weighted by molar-refractivity contribution is 0.415. The molecular formula is C27H22FN5O2S. The lowest BCUT2D eigenvalue weighted by Gasteiger charge is -2.14. The lowest BCUT2D eigenvalue weighted by Crippen LogP contribution is -2.23. The molecule has 5 aromatic rings. The zero-order valence-corrected chi connectivity index (χ0v) is 20.3. The van der Waals surface area contributed by atoms with Crippen molar-refractivity contribution >= 4 is 22.7 Å². The summed E-state index contributed by atoms with van der Waals surface area (Å²) in [6, 6.07) is 20.6. The van der Waals surface area contributed by atoms with E-state index < -0.39 is 0 Å². The van der Waals surface area contributed by atoms with Crippen LogP contribution in [0, 0.1) is 5.82 Å². The molecule has 0 spiro atoms. The highest BCUT2D eigenvalue weighted by Gasteiger charge is 2.17. The van der Waals surface area contributed by atoms with Gasteiger partial charge in [-0.15, -0.1) is 16.8 Å². The molecule has 0 aliphatic heterocycles. The van der Waals surface area contributed by atoms with E-state index in [4.69, 9.17) is 9.72 Å². The van der Waals surface area contributed by atoms with Gasteiger partial charge in [-0.05, 0) is 60.7 Å². The third-order valence-corrected chi connectivity index (χ3v) is 6.60. The summed E-state index contributed by atoms with van der Waals surface area (Å²) < 4.78 is 22.3. The summed E-state index contributed by atoms with van der Waals surface area (Å²) in [7, 11) is 1.62. The average Bonchev–Trinajstić information content (AvgIpc) is 3.31. The van der Waals surface area contributed by atoms with E-state index in [1.807, 2.05) is 41.0 Å². The zero-order valence-electron chi connectivity index (χ0n) is 19.5. The molecule has 3 aromatic carbocycles. The van der Waals surface area contributed by atoms with E-state index in [2.05, 4.69) is 16.8 Å². The van der Waals surface area contributed by atoms with Gasteiger partial charge in [0.2, 0.25) is 0 Å². The number of methoxy groups -OCH3 is 1. The van der Waals surface area contributed by atoms with Crippen LogP contribution in [0.4, 0.5) is 4.39 Å². The molecule has 0 bridgehead atoms. The monoisotopic (exact) mass is 499 g/mol. The normalized spacial score (nSPS) is 11.1. The number of rotatable bonds is 8. The van der Waals surface area contributed by atoms with Gasteiger partial charge in [0.05, 0.1) is 29.5 Å². The molecule has 36 heavy (non-hydrogen) atoms. The van der Waals surface area contributed by atoms with Crippen LogP contribution < -0.4 is 10.3 Å². The minimum Gasteiger partial charge on any atom is -0.497 e. The first kappa shape index (κ1) is 23.5. The van der Waals surface area contributed by atoms with Gasteiger partial charge in [0.1, 0.15) is 17.4 Å². The van der Waals surface area contributed by atoms with E-state index in [0.29, 0.717) is 45.7 Å². The molecule has 7 nitrogen and oxygen atoms in total. The predicted molar refractivity (Wildman–Crippen MR) is 139 cm³/mol. The van der Waals surface area contributed by atoms with Gasteiger partial charge in [0.15, 0.2) is 11.0 Å². The summed E-state index contributed by atoms with van der Waals surface area (Å²) in [6.45, 7) is 4.38. The molecule has 0 aliphatic rings. The molecule has 2 heterocycles. The van der Waals surface area contributed by atoms with Crippen LogP contribution in [0.1, 0.15) is 5.82 Å². The van der Waals surface area contributed by atoms with E-state index in [1.54, 1.807) is 37.5 Å². The van der Waals surface area contributed by atoms with Crippen LogP contribution in [0.15, 0.2) is 95.4 Å². The zero-order chi connectivity index (χ0) is 25.1. The van der Waals surface area contributed by atoms with E-state index in [1.165, 1.54) is 28.5 Å². The van der Waals surface area contributed by atoms with Gasteiger partial charge in [-0.1, -0.05) is 30.0 Å². The third kappa shape index (κ3) is 4.52. The molecule has 180 valence electrons. The van der Waals surface area contributed by atoms with Gasteiger partial charge >= 0.3 is 0 Å². The highest BCUT2D eigenvalue weighted by Crippen LogP contribution is 2.28. The topological polar surface area (TPSA) is 74.8 Å². The average molecular weight is 500 g/mol. The molecule has 0 fully saturated rings. The van der Waals surface area contributed by atoms with Crippen molar-refractivity contribution in [1.82, 2.24) is 24.3 Å². The van der Waals surface area contributed by atoms with Gasteiger partial charge in [0.25, 0.3) is 5.56 Å². The molecule has 9 heteroatoms. The number of ether oxygens (including phenoxy) is 1. The Morgan fingerprint density at radius 1 is 1.03 bits per heavy atom. The molecule has 0 radical (unpaired) electrons. The fourth-order valence-electron chi connectivity index (χ4n) is 3.90. The number of halogens is 1. The van der Waals surface area contributed by atoms with Crippen molar-refractivity contribution in [3.63, 3.8) is 0 Å². The third-order valence-electron chi connectivity index (χ3n) is 5.64. The number of fused-ring (bicyclic) bond motifs is 1. The number of allylic oxidation sites excluding steroid dienone is 1. The number of thioether (sulfide) groups is 1. The number of aromatic nitrogens is 5. The van der Waals surface area contributed by atoms with Crippen molar-refractivity contribution in [2.45, 2.75) is 17.5 Å². The SMILES string of the molecule is C=CCn1c(SCc2nc3ccccc3c(=O)n2-c2ccc(F)cc2)nnc1-c1ccc(OC)cc1. The standard InChI is InChI=1S/C27H22FN5O2S/c1-3-16-32-25(18-8-14-21(35-2)15-9-18)30-31-27(32)36-17-24-29-23-7-5-4-6-22(23)26(34)33(24)20-12-10-19(28)11-13-20/h3-15H,1,16-17H2,2H3. The summed E-state index contributed by atoms with van der Waals surface area (Å²) in [5, 5.41) is 9.96. The summed E-state index contributed by atoms with van der Waals surface area (Å²) in [4.78, 5) is 18.2. The maximum Gasteiger partial charge on any atom is 0.265 e. The number of para-hydroxylation sites is 1. The predicted octanol–water partition coefficient (Wildman–Crippen LogP) is 5.27. The van der Waals surface area contributed by atoms with Gasteiger partial charge in [0, 0.05) is 12.1 Å². The molecule has 0 aliphatic carbocycles. The molecule has 0 saturated carbocycles. The maximum atomic E-state index is 13.6. The van der Waals surface area contributed by atoms with E-state index in [0.717, 1.165) is 11.3 Å². The summed E-state index contributed by atoms with van der Waals surface area (Å²) in [5.74, 6) is 1.94. The Kier molecular flexibility index (Phi) is 6.64. The van der Waals surface area contributed by atoms with E-state index >= 15 is 0 Å². The highest BCUT2D eigenvalue weighted by molar-refractivity contribution is 7.98. The summed E-state index contributed by atoms with van der Waals surface area (Å²) in [6.07, 6.45) is 1.78. The van der Waals surface area contributed by atoms with Gasteiger partial charge in [-0.3, -0.25) is 13.9 Å². The second-order valence-electron chi connectivity index (χ2n) is 7.88. The Labute approximate surface area is 210 Å². The number of nitrogens with zero attached hydrogens (tertiary/aromatic N) is 5. The molecule has 0 saturated heterocycles. The first-order chi connectivity index (χ1) is 17.6. The van der Waals surface area contributed by atoms with Crippen LogP contribution in [0.2, 0.25) is 0 Å². The Balaban J connectivity index is 1.54. The number of hydrogen-bond acceptors (Lipinski definition) is 6. The summed E-state index contributed by atoms with van der Waals surface area (Å²) >= 11 is 1.41. The minimum atomic E-state index is -0.375. The van der Waals surface area contributed by atoms with Crippen LogP contribution in [0.5, 0.6) is 5.75 Å². The van der Waals surface area contributed by atoms with Crippen molar-refractivity contribution < 1.29 is 9.13 Å². The van der Waals surface area contributed by atoms with Gasteiger partial charge < -0.3 is 4.74 Å². The molecule has 0 atom stereocenters. The Hall–Kier alpha value is -4.24. The first-order valence-electron chi connectivity index (χ1n) is 11.2. The van der Waals surface area contributed by atoms with Crippen molar-refractivity contribution in [2.75, 3.05) is 7.11 Å². The van der Waals surface area contributed by atoms with Crippen molar-refractivity contribution in [3.8, 4) is 22.8 Å². The summed E-state index contributed by atoms with van der Waals surface area (Å²) in [5.41, 5.74) is 1.82. The molecule has 2 aromatic heterocycles. The van der Waals surface area contributed by atoms with Crippen LogP contribution >= 0.6 is 11.8 Å². The highest BCUT2D eigenvalue weighted by atomic mass is 32.2. The molecule has 0 amide bonds. The molecule has 5 rings (SSSR count). The van der Waals surface area contributed by atoms with Crippen LogP contribution in [-0.4, -0.2) is 31.4 Å². The lowest BCUT2D eigenvalue weighted by atomic mass is 10.2. The quantitative estimate of drug-likeness (QED) is 0.214. The smallest absolute Gasteiger partial charge is 0.265 e. The molecular weight excluding hydrogens is 477 g/mol. The van der Waals surface area contributed by atoms with E-state index in [-0.39, 0.29) is 11.4 Å². The second kappa shape index (κ2) is 10.2. The van der Waals surface area contributed by atoms with Crippen molar-refractivity contribution in [2.24, 2.45) is 0 Å². The van der Waals surface area contributed by atoms with Crippen LogP contribution in [0.25, 0.3) is 28.0 Å².